The fourth-order valence-corrected chi connectivity index (χ4v) is 2.12. The maximum atomic E-state index is 13.8. The molecule has 0 saturated carbocycles. The van der Waals surface area contributed by atoms with Gasteiger partial charge in [0.05, 0.1) is 12.6 Å². The minimum atomic E-state index is -0.502. The van der Waals surface area contributed by atoms with Crippen LogP contribution in [0.25, 0.3) is 0 Å². The van der Waals surface area contributed by atoms with E-state index in [0.29, 0.717) is 10.6 Å². The normalized spacial score (nSPS) is 12.2. The van der Waals surface area contributed by atoms with Crippen LogP contribution in [0.5, 0.6) is 0 Å². The summed E-state index contributed by atoms with van der Waals surface area (Å²) in [5.74, 6) is -0.334. The van der Waals surface area contributed by atoms with Gasteiger partial charge >= 0.3 is 0 Å². The van der Waals surface area contributed by atoms with E-state index in [9.17, 15) is 9.50 Å². The first kappa shape index (κ1) is 13.8. The third kappa shape index (κ3) is 3.46. The van der Waals surface area contributed by atoms with Crippen LogP contribution in [0.2, 0.25) is 5.02 Å². The monoisotopic (exact) mass is 279 g/mol. The number of halogens is 2. The molecule has 2 nitrogen and oxygen atoms in total. The lowest BCUT2D eigenvalue weighted by atomic mass is 10.0. The van der Waals surface area contributed by atoms with Crippen molar-refractivity contribution in [3.05, 3.63) is 64.4 Å². The van der Waals surface area contributed by atoms with E-state index in [1.807, 2.05) is 13.0 Å². The molecule has 2 aromatic rings. The van der Waals surface area contributed by atoms with Crippen molar-refractivity contribution in [3.8, 4) is 0 Å². The number of aliphatic hydroxyl groups is 1. The van der Waals surface area contributed by atoms with E-state index in [4.69, 9.17) is 11.6 Å². The van der Waals surface area contributed by atoms with Gasteiger partial charge in [-0.25, -0.2) is 4.39 Å². The van der Waals surface area contributed by atoms with Gasteiger partial charge < -0.3 is 10.4 Å². The van der Waals surface area contributed by atoms with Crippen LogP contribution in [0.3, 0.4) is 0 Å². The van der Waals surface area contributed by atoms with Crippen LogP contribution in [0, 0.1) is 12.7 Å². The minimum Gasteiger partial charge on any atom is -0.394 e. The molecule has 0 radical (unpaired) electrons. The van der Waals surface area contributed by atoms with E-state index in [1.54, 1.807) is 30.3 Å². The van der Waals surface area contributed by atoms with Crippen LogP contribution >= 0.6 is 11.6 Å². The van der Waals surface area contributed by atoms with Gasteiger partial charge in [-0.1, -0.05) is 35.4 Å². The van der Waals surface area contributed by atoms with Crippen LogP contribution in [0.1, 0.15) is 17.2 Å². The van der Waals surface area contributed by atoms with Crippen LogP contribution in [0.4, 0.5) is 10.1 Å². The first-order valence-electron chi connectivity index (χ1n) is 5.99. The molecule has 100 valence electrons. The smallest absolute Gasteiger partial charge is 0.128 e. The average molecular weight is 280 g/mol. The van der Waals surface area contributed by atoms with Gasteiger partial charge in [-0.15, -0.1) is 0 Å². The molecule has 0 aliphatic rings. The molecule has 0 aromatic heterocycles. The number of aryl methyl sites for hydroxylation is 1. The van der Waals surface area contributed by atoms with Gasteiger partial charge in [0, 0.05) is 16.3 Å². The van der Waals surface area contributed by atoms with Gasteiger partial charge in [0.25, 0.3) is 0 Å². The largest absolute Gasteiger partial charge is 0.394 e. The number of anilines is 1. The topological polar surface area (TPSA) is 32.3 Å². The second kappa shape index (κ2) is 6.04. The zero-order valence-electron chi connectivity index (χ0n) is 10.5. The van der Waals surface area contributed by atoms with Gasteiger partial charge in [-0.2, -0.15) is 0 Å². The molecule has 19 heavy (non-hydrogen) atoms. The molecule has 0 fully saturated rings. The summed E-state index contributed by atoms with van der Waals surface area (Å²) in [5, 5.41) is 13.1. The minimum absolute atomic E-state index is 0.202. The van der Waals surface area contributed by atoms with Crippen LogP contribution in [-0.2, 0) is 0 Å². The molecular formula is C15H15ClFNO. The Balaban J connectivity index is 2.27. The molecule has 4 heteroatoms. The molecule has 0 heterocycles. The zero-order chi connectivity index (χ0) is 13.8. The second-order valence-electron chi connectivity index (χ2n) is 4.41. The second-order valence-corrected chi connectivity index (χ2v) is 4.85. The number of rotatable bonds is 4. The molecule has 2 N–H and O–H groups in total. The maximum Gasteiger partial charge on any atom is 0.128 e. The van der Waals surface area contributed by atoms with E-state index in [1.165, 1.54) is 6.07 Å². The Morgan fingerprint density at radius 1 is 1.26 bits per heavy atom. The molecule has 0 amide bonds. The van der Waals surface area contributed by atoms with Gasteiger partial charge in [0.2, 0.25) is 0 Å². The van der Waals surface area contributed by atoms with E-state index in [-0.39, 0.29) is 12.4 Å². The van der Waals surface area contributed by atoms with Crippen molar-refractivity contribution in [2.45, 2.75) is 13.0 Å². The van der Waals surface area contributed by atoms with Crippen molar-refractivity contribution >= 4 is 17.3 Å². The number of nitrogens with one attached hydrogen (secondary N) is 1. The summed E-state index contributed by atoms with van der Waals surface area (Å²) in [6, 6.07) is 11.5. The summed E-state index contributed by atoms with van der Waals surface area (Å²) in [4.78, 5) is 0. The van der Waals surface area contributed by atoms with Gasteiger partial charge in [-0.3, -0.25) is 0 Å². The fraction of sp³-hybridized carbons (Fsp3) is 0.200. The average Bonchev–Trinajstić information content (AvgIpc) is 2.39. The number of hydrogen-bond donors (Lipinski definition) is 2. The van der Waals surface area contributed by atoms with Crippen molar-refractivity contribution in [3.63, 3.8) is 0 Å². The summed E-state index contributed by atoms with van der Waals surface area (Å²) in [5.41, 5.74) is 2.14. The Morgan fingerprint density at radius 3 is 2.74 bits per heavy atom. The van der Waals surface area contributed by atoms with Crippen molar-refractivity contribution in [1.29, 1.82) is 0 Å². The third-order valence-electron chi connectivity index (χ3n) is 2.88. The summed E-state index contributed by atoms with van der Waals surface area (Å²) in [6.07, 6.45) is 0. The Labute approximate surface area is 116 Å². The predicted octanol–water partition coefficient (Wildman–Crippen LogP) is 3.93. The molecule has 1 atom stereocenters. The SMILES string of the molecule is Cc1ccc(F)c(C(CO)Nc2cccc(Cl)c2)c1. The lowest BCUT2D eigenvalue weighted by Gasteiger charge is -2.19. The Bertz CT molecular complexity index is 574. The van der Waals surface area contributed by atoms with E-state index in [2.05, 4.69) is 5.32 Å². The fourth-order valence-electron chi connectivity index (χ4n) is 1.93. The van der Waals surface area contributed by atoms with Crippen LogP contribution < -0.4 is 5.32 Å². The zero-order valence-corrected chi connectivity index (χ0v) is 11.3. The molecule has 0 aliphatic heterocycles. The first-order valence-corrected chi connectivity index (χ1v) is 6.37. The first-order chi connectivity index (χ1) is 9.10. The molecule has 0 aliphatic carbocycles. The number of aliphatic hydroxyl groups excluding tert-OH is 1. The molecule has 2 aromatic carbocycles. The molecule has 1 unspecified atom stereocenters. The Kier molecular flexibility index (Phi) is 4.40. The highest BCUT2D eigenvalue weighted by molar-refractivity contribution is 6.30. The Hall–Kier alpha value is -1.58. The van der Waals surface area contributed by atoms with Crippen LogP contribution in [-0.4, -0.2) is 11.7 Å². The summed E-state index contributed by atoms with van der Waals surface area (Å²) in [7, 11) is 0. The van der Waals surface area contributed by atoms with Crippen molar-refractivity contribution in [2.24, 2.45) is 0 Å². The highest BCUT2D eigenvalue weighted by Gasteiger charge is 2.15. The van der Waals surface area contributed by atoms with Crippen molar-refractivity contribution in [2.75, 3.05) is 11.9 Å². The summed E-state index contributed by atoms with van der Waals surface area (Å²) < 4.78 is 13.8. The predicted molar refractivity (Wildman–Crippen MR) is 76.0 cm³/mol. The molecule has 2 rings (SSSR count). The standard InChI is InChI=1S/C15H15ClFNO/c1-10-5-6-14(17)13(7-10)15(9-19)18-12-4-2-3-11(16)8-12/h2-8,15,18-19H,9H2,1H3. The van der Waals surface area contributed by atoms with Crippen LogP contribution in [0.15, 0.2) is 42.5 Å². The Morgan fingerprint density at radius 2 is 2.05 bits per heavy atom. The van der Waals surface area contributed by atoms with Crippen molar-refractivity contribution in [1.82, 2.24) is 0 Å². The third-order valence-corrected chi connectivity index (χ3v) is 3.11. The molecule has 0 bridgehead atoms. The molecule has 0 saturated heterocycles. The van der Waals surface area contributed by atoms with E-state index >= 15 is 0 Å². The molecule has 0 spiro atoms. The summed E-state index contributed by atoms with van der Waals surface area (Å²) >= 11 is 5.90. The van der Waals surface area contributed by atoms with E-state index < -0.39 is 6.04 Å². The number of benzene rings is 2. The maximum absolute atomic E-state index is 13.8. The van der Waals surface area contributed by atoms with Gasteiger partial charge in [0.1, 0.15) is 5.82 Å². The molecular weight excluding hydrogens is 265 g/mol. The lowest BCUT2D eigenvalue weighted by molar-refractivity contribution is 0.274. The number of hydrogen-bond acceptors (Lipinski definition) is 2. The quantitative estimate of drug-likeness (QED) is 0.889. The highest BCUT2D eigenvalue weighted by atomic mass is 35.5. The van der Waals surface area contributed by atoms with Gasteiger partial charge in [-0.05, 0) is 31.2 Å². The van der Waals surface area contributed by atoms with Gasteiger partial charge in [0.15, 0.2) is 0 Å². The lowest BCUT2D eigenvalue weighted by Crippen LogP contribution is -2.16. The summed E-state index contributed by atoms with van der Waals surface area (Å²) in [6.45, 7) is 1.68. The van der Waals surface area contributed by atoms with E-state index in [0.717, 1.165) is 11.3 Å². The highest BCUT2D eigenvalue weighted by Crippen LogP contribution is 2.24. The van der Waals surface area contributed by atoms with Crippen molar-refractivity contribution < 1.29 is 9.50 Å².